The summed E-state index contributed by atoms with van der Waals surface area (Å²) in [6, 6.07) is 0. The quantitative estimate of drug-likeness (QED) is 0.499. The zero-order chi connectivity index (χ0) is 9.56. The van der Waals surface area contributed by atoms with Crippen LogP contribution in [0.1, 0.15) is 39.5 Å². The molecule has 0 aliphatic rings. The molecule has 0 aliphatic heterocycles. The number of hydrogen-bond acceptors (Lipinski definition) is 2. The average Bonchev–Trinajstić information content (AvgIpc) is 2.03. The van der Waals surface area contributed by atoms with Crippen molar-refractivity contribution in [1.29, 1.82) is 0 Å². The Morgan fingerprint density at radius 3 is 2.50 bits per heavy atom. The molecule has 3 heteroatoms. The van der Waals surface area contributed by atoms with Crippen molar-refractivity contribution in [3.63, 3.8) is 0 Å². The summed E-state index contributed by atoms with van der Waals surface area (Å²) in [5, 5.41) is 8.13. The summed E-state index contributed by atoms with van der Waals surface area (Å²) < 4.78 is 0. The van der Waals surface area contributed by atoms with Crippen molar-refractivity contribution in [1.82, 2.24) is 0 Å². The van der Waals surface area contributed by atoms with Crippen molar-refractivity contribution in [2.45, 2.75) is 44.8 Å². The first kappa shape index (κ1) is 11.8. The highest BCUT2D eigenvalue weighted by atomic mass is 32.1. The van der Waals surface area contributed by atoms with E-state index >= 15 is 0 Å². The molecule has 0 fully saturated rings. The minimum absolute atomic E-state index is 0.178. The third kappa shape index (κ3) is 4.65. The highest BCUT2D eigenvalue weighted by Gasteiger charge is 2.19. The van der Waals surface area contributed by atoms with E-state index in [1.54, 1.807) is 0 Å². The molecule has 1 N–H and O–H groups in total. The maximum atomic E-state index is 10.5. The molecule has 2 unspecified atom stereocenters. The molecule has 2 atom stereocenters. The van der Waals surface area contributed by atoms with E-state index < -0.39 is 11.2 Å². The minimum Gasteiger partial charge on any atom is -0.480 e. The molecule has 0 amide bonds. The molecule has 0 aliphatic carbocycles. The van der Waals surface area contributed by atoms with Crippen molar-refractivity contribution in [3.05, 3.63) is 0 Å². The Morgan fingerprint density at radius 2 is 2.08 bits per heavy atom. The molecule has 2 nitrogen and oxygen atoms in total. The topological polar surface area (TPSA) is 37.3 Å². The number of thiol groups is 1. The largest absolute Gasteiger partial charge is 0.480 e. The molecule has 0 saturated heterocycles. The van der Waals surface area contributed by atoms with Gasteiger partial charge in [-0.3, -0.25) is 4.79 Å². The molecule has 12 heavy (non-hydrogen) atoms. The van der Waals surface area contributed by atoms with Gasteiger partial charge in [-0.25, -0.2) is 0 Å². The molecule has 0 aromatic rings. The van der Waals surface area contributed by atoms with Crippen LogP contribution in [0.3, 0.4) is 0 Å². The predicted octanol–water partition coefficient (Wildman–Crippen LogP) is 2.59. The monoisotopic (exact) mass is 190 g/mol. The standard InChI is InChI=1S/C9H18O2S/c1-3-4-5-6-7(2)8(12)9(10)11/h7-8,12H,3-6H2,1-2H3,(H,10,11). The maximum absolute atomic E-state index is 10.5. The molecule has 0 rings (SSSR count). The van der Waals surface area contributed by atoms with Crippen LogP contribution in [0, 0.1) is 5.92 Å². The van der Waals surface area contributed by atoms with Crippen LogP contribution in [0.25, 0.3) is 0 Å². The van der Waals surface area contributed by atoms with Crippen LogP contribution in [0.15, 0.2) is 0 Å². The first-order chi connectivity index (χ1) is 5.59. The number of carboxylic acid groups (broad SMARTS) is 1. The number of hydrogen-bond donors (Lipinski definition) is 2. The van der Waals surface area contributed by atoms with Crippen LogP contribution in [0.5, 0.6) is 0 Å². The fourth-order valence-electron chi connectivity index (χ4n) is 1.12. The van der Waals surface area contributed by atoms with Crippen molar-refractivity contribution >= 4 is 18.6 Å². The van der Waals surface area contributed by atoms with Gasteiger partial charge in [0.25, 0.3) is 0 Å². The summed E-state index contributed by atoms with van der Waals surface area (Å²) >= 11 is 4.02. The smallest absolute Gasteiger partial charge is 0.316 e. The van der Waals surface area contributed by atoms with Crippen molar-refractivity contribution in [3.8, 4) is 0 Å². The number of aliphatic carboxylic acids is 1. The Balaban J connectivity index is 3.56. The van der Waals surface area contributed by atoms with E-state index in [1.807, 2.05) is 6.92 Å². The zero-order valence-corrected chi connectivity index (χ0v) is 8.68. The van der Waals surface area contributed by atoms with Crippen LogP contribution >= 0.6 is 12.6 Å². The minimum atomic E-state index is -0.803. The van der Waals surface area contributed by atoms with Gasteiger partial charge in [0, 0.05) is 0 Å². The highest BCUT2D eigenvalue weighted by molar-refractivity contribution is 7.81. The number of rotatable bonds is 6. The fourth-order valence-corrected chi connectivity index (χ4v) is 1.27. The second kappa shape index (κ2) is 6.35. The van der Waals surface area contributed by atoms with Crippen LogP contribution in [0.4, 0.5) is 0 Å². The van der Waals surface area contributed by atoms with E-state index in [0.717, 1.165) is 12.8 Å². The second-order valence-electron chi connectivity index (χ2n) is 3.26. The first-order valence-corrected chi connectivity index (χ1v) is 5.02. The normalized spacial score (nSPS) is 15.6. The van der Waals surface area contributed by atoms with E-state index in [1.165, 1.54) is 12.8 Å². The van der Waals surface area contributed by atoms with Crippen LogP contribution in [0.2, 0.25) is 0 Å². The van der Waals surface area contributed by atoms with Crippen LogP contribution < -0.4 is 0 Å². The van der Waals surface area contributed by atoms with Gasteiger partial charge in [0.05, 0.1) is 0 Å². The number of carboxylic acids is 1. The third-order valence-electron chi connectivity index (χ3n) is 2.06. The summed E-state index contributed by atoms with van der Waals surface area (Å²) in [4.78, 5) is 10.5. The number of carbonyl (C=O) groups is 1. The van der Waals surface area contributed by atoms with E-state index in [9.17, 15) is 4.79 Å². The molecular formula is C9H18O2S. The molecule has 0 aromatic carbocycles. The third-order valence-corrected chi connectivity index (χ3v) is 2.78. The lowest BCUT2D eigenvalue weighted by atomic mass is 10.00. The molecule has 72 valence electrons. The molecule has 0 spiro atoms. The Labute approximate surface area is 79.8 Å². The van der Waals surface area contributed by atoms with Crippen molar-refractivity contribution < 1.29 is 9.90 Å². The average molecular weight is 190 g/mol. The summed E-state index contributed by atoms with van der Waals surface area (Å²) in [7, 11) is 0. The van der Waals surface area contributed by atoms with E-state index in [2.05, 4.69) is 19.6 Å². The zero-order valence-electron chi connectivity index (χ0n) is 7.79. The van der Waals surface area contributed by atoms with E-state index in [0.29, 0.717) is 0 Å². The lowest BCUT2D eigenvalue weighted by molar-refractivity contribution is -0.137. The molecule has 0 saturated carbocycles. The van der Waals surface area contributed by atoms with Gasteiger partial charge in [-0.2, -0.15) is 12.6 Å². The van der Waals surface area contributed by atoms with Crippen LogP contribution in [-0.2, 0) is 4.79 Å². The van der Waals surface area contributed by atoms with Gasteiger partial charge in [-0.15, -0.1) is 0 Å². The van der Waals surface area contributed by atoms with Gasteiger partial charge in [0.15, 0.2) is 0 Å². The van der Waals surface area contributed by atoms with Crippen molar-refractivity contribution in [2.75, 3.05) is 0 Å². The molecule has 0 aromatic heterocycles. The fraction of sp³-hybridized carbons (Fsp3) is 0.889. The lowest BCUT2D eigenvalue weighted by Crippen LogP contribution is -2.21. The van der Waals surface area contributed by atoms with Gasteiger partial charge < -0.3 is 5.11 Å². The molecule has 0 bridgehead atoms. The first-order valence-electron chi connectivity index (χ1n) is 4.50. The van der Waals surface area contributed by atoms with Crippen LogP contribution in [-0.4, -0.2) is 16.3 Å². The van der Waals surface area contributed by atoms with Gasteiger partial charge in [0.1, 0.15) is 5.25 Å². The second-order valence-corrected chi connectivity index (χ2v) is 3.81. The highest BCUT2D eigenvalue weighted by Crippen LogP contribution is 2.17. The molecular weight excluding hydrogens is 172 g/mol. The number of unbranched alkanes of at least 4 members (excludes halogenated alkanes) is 2. The lowest BCUT2D eigenvalue weighted by Gasteiger charge is -2.14. The molecule has 0 radical (unpaired) electrons. The summed E-state index contributed by atoms with van der Waals surface area (Å²) in [6.45, 7) is 4.08. The Hall–Kier alpha value is -0.180. The van der Waals surface area contributed by atoms with Gasteiger partial charge >= 0.3 is 5.97 Å². The maximum Gasteiger partial charge on any atom is 0.316 e. The SMILES string of the molecule is CCCCCC(C)C(S)C(=O)O. The molecule has 0 heterocycles. The summed E-state index contributed by atoms with van der Waals surface area (Å²) in [5.74, 6) is -0.625. The summed E-state index contributed by atoms with van der Waals surface area (Å²) in [6.07, 6.45) is 4.44. The van der Waals surface area contributed by atoms with E-state index in [-0.39, 0.29) is 5.92 Å². The van der Waals surface area contributed by atoms with Gasteiger partial charge in [0.2, 0.25) is 0 Å². The van der Waals surface area contributed by atoms with Gasteiger partial charge in [-0.05, 0) is 12.3 Å². The predicted molar refractivity (Wildman–Crippen MR) is 53.7 cm³/mol. The van der Waals surface area contributed by atoms with E-state index in [4.69, 9.17) is 5.11 Å². The Morgan fingerprint density at radius 1 is 1.50 bits per heavy atom. The van der Waals surface area contributed by atoms with Crippen molar-refractivity contribution in [2.24, 2.45) is 5.92 Å². The Kier molecular flexibility index (Phi) is 6.25. The summed E-state index contributed by atoms with van der Waals surface area (Å²) in [5.41, 5.74) is 0. The Bertz CT molecular complexity index is 136. The van der Waals surface area contributed by atoms with Gasteiger partial charge in [-0.1, -0.05) is 33.1 Å².